The summed E-state index contributed by atoms with van der Waals surface area (Å²) in [5.74, 6) is 1.08. The van der Waals surface area contributed by atoms with Crippen LogP contribution in [0.4, 0.5) is 0 Å². The maximum Gasteiger partial charge on any atom is 0.309 e. The van der Waals surface area contributed by atoms with Crippen LogP contribution < -0.4 is 0 Å². The van der Waals surface area contributed by atoms with Crippen LogP contribution in [0.1, 0.15) is 65.7 Å². The Hall–Kier alpha value is -1.05. The van der Waals surface area contributed by atoms with Crippen LogP contribution >= 0.6 is 0 Å². The molecule has 2 nitrogen and oxygen atoms in total. The molecule has 0 amide bonds. The summed E-state index contributed by atoms with van der Waals surface area (Å²) < 4.78 is 0. The zero-order valence-corrected chi connectivity index (χ0v) is 14.3. The van der Waals surface area contributed by atoms with Crippen LogP contribution in [0.15, 0.2) is 23.8 Å². The maximum atomic E-state index is 12.0. The predicted octanol–water partition coefficient (Wildman–Crippen LogP) is 5.21. The minimum absolute atomic E-state index is 0.197. The molecule has 2 heteroatoms. The Morgan fingerprint density at radius 1 is 1.27 bits per heavy atom. The lowest BCUT2D eigenvalue weighted by Crippen LogP contribution is -2.55. The zero-order chi connectivity index (χ0) is 16.1. The normalized spacial score (nSPS) is 45.0. The summed E-state index contributed by atoms with van der Waals surface area (Å²) in [6.07, 6.45) is 9.75. The number of hydrogen-bond acceptors (Lipinski definition) is 1. The van der Waals surface area contributed by atoms with Crippen LogP contribution in [0.5, 0.6) is 0 Å². The molecule has 0 unspecified atom stereocenters. The van der Waals surface area contributed by atoms with E-state index in [0.717, 1.165) is 32.1 Å². The lowest BCUT2D eigenvalue weighted by Gasteiger charge is -2.60. The Morgan fingerprint density at radius 2 is 2.00 bits per heavy atom. The van der Waals surface area contributed by atoms with Gasteiger partial charge >= 0.3 is 5.97 Å². The highest BCUT2D eigenvalue weighted by atomic mass is 16.4. The fourth-order valence-electron chi connectivity index (χ4n) is 6.33. The molecule has 0 radical (unpaired) electrons. The van der Waals surface area contributed by atoms with Crippen LogP contribution in [-0.2, 0) is 4.79 Å². The number of carboxylic acids is 1. The Bertz CT molecular complexity index is 532. The van der Waals surface area contributed by atoms with Crippen molar-refractivity contribution in [3.05, 3.63) is 23.8 Å². The first kappa shape index (κ1) is 15.8. The number of carbonyl (C=O) groups is 1. The Morgan fingerprint density at radius 3 is 2.64 bits per heavy atom. The number of hydrogen-bond donors (Lipinski definition) is 1. The van der Waals surface area contributed by atoms with Crippen LogP contribution in [0, 0.1) is 28.6 Å². The highest BCUT2D eigenvalue weighted by Crippen LogP contribution is 2.64. The van der Waals surface area contributed by atoms with Crippen molar-refractivity contribution < 1.29 is 9.90 Å². The zero-order valence-electron chi connectivity index (χ0n) is 14.3. The number of fused-ring (bicyclic) bond motifs is 3. The quantitative estimate of drug-likeness (QED) is 0.760. The molecular formula is C20H30O2. The van der Waals surface area contributed by atoms with Gasteiger partial charge in [-0.3, -0.25) is 4.79 Å². The van der Waals surface area contributed by atoms with Crippen molar-refractivity contribution in [2.75, 3.05) is 0 Å². The molecule has 3 rings (SSSR count). The van der Waals surface area contributed by atoms with Crippen molar-refractivity contribution in [3.63, 3.8) is 0 Å². The Kier molecular flexibility index (Phi) is 3.78. The van der Waals surface area contributed by atoms with E-state index in [1.54, 1.807) is 0 Å². The van der Waals surface area contributed by atoms with Crippen molar-refractivity contribution in [2.45, 2.75) is 65.7 Å². The van der Waals surface area contributed by atoms with E-state index in [1.807, 2.05) is 13.0 Å². The van der Waals surface area contributed by atoms with Gasteiger partial charge in [0.15, 0.2) is 0 Å². The average molecular weight is 302 g/mol. The van der Waals surface area contributed by atoms with Gasteiger partial charge in [0.25, 0.3) is 0 Å². The summed E-state index contributed by atoms with van der Waals surface area (Å²) in [7, 11) is 0. The summed E-state index contributed by atoms with van der Waals surface area (Å²) >= 11 is 0. The SMILES string of the molecule is C=CC1=C(C)[C@@H]2CC[C@@H]3[C@](C)(CCC[C@]3(C)C(=O)O)[C@H]2CC1. The molecule has 0 aromatic rings. The molecule has 0 aliphatic heterocycles. The van der Waals surface area contributed by atoms with Crippen molar-refractivity contribution in [3.8, 4) is 0 Å². The molecule has 122 valence electrons. The standard InChI is InChI=1S/C20H30O2/c1-5-14-7-9-16-15(13(14)2)8-10-17-19(16,3)11-6-12-20(17,4)18(21)22/h5,15-17H,1,6-12H2,2-4H3,(H,21,22)/t15-,16-,17+,19+,20-/m0/s1. The lowest BCUT2D eigenvalue weighted by molar-refractivity contribution is -0.169. The summed E-state index contributed by atoms with van der Waals surface area (Å²) in [5, 5.41) is 9.86. The number of carboxylic acid groups (broad SMARTS) is 1. The van der Waals surface area contributed by atoms with Gasteiger partial charge in [-0.25, -0.2) is 0 Å². The summed E-state index contributed by atoms with van der Waals surface area (Å²) in [5.41, 5.74) is 2.66. The van der Waals surface area contributed by atoms with Gasteiger partial charge in [-0.15, -0.1) is 0 Å². The first-order chi connectivity index (χ1) is 10.3. The fraction of sp³-hybridized carbons (Fsp3) is 0.750. The van der Waals surface area contributed by atoms with Gasteiger partial charge in [0.05, 0.1) is 5.41 Å². The lowest BCUT2D eigenvalue weighted by atomic mass is 9.44. The second-order valence-electron chi connectivity index (χ2n) is 8.38. The van der Waals surface area contributed by atoms with E-state index in [0.29, 0.717) is 17.8 Å². The van der Waals surface area contributed by atoms with E-state index < -0.39 is 11.4 Å². The van der Waals surface area contributed by atoms with Crippen LogP contribution in [0.3, 0.4) is 0 Å². The number of rotatable bonds is 2. The third kappa shape index (κ3) is 2.02. The van der Waals surface area contributed by atoms with E-state index >= 15 is 0 Å². The van der Waals surface area contributed by atoms with E-state index in [4.69, 9.17) is 0 Å². The van der Waals surface area contributed by atoms with E-state index in [1.165, 1.54) is 24.0 Å². The monoisotopic (exact) mass is 302 g/mol. The van der Waals surface area contributed by atoms with Gasteiger partial charge in [-0.1, -0.05) is 31.6 Å². The minimum atomic E-state index is -0.572. The molecule has 0 bridgehead atoms. The third-order valence-corrected chi connectivity index (χ3v) is 7.60. The van der Waals surface area contributed by atoms with E-state index in [2.05, 4.69) is 20.4 Å². The molecule has 0 heterocycles. The van der Waals surface area contributed by atoms with Crippen molar-refractivity contribution in [1.29, 1.82) is 0 Å². The third-order valence-electron chi connectivity index (χ3n) is 7.60. The first-order valence-electron chi connectivity index (χ1n) is 8.90. The minimum Gasteiger partial charge on any atom is -0.481 e. The average Bonchev–Trinajstić information content (AvgIpc) is 2.47. The molecule has 2 saturated carbocycles. The molecule has 2 fully saturated rings. The van der Waals surface area contributed by atoms with Crippen molar-refractivity contribution in [1.82, 2.24) is 0 Å². The number of aliphatic carboxylic acids is 1. The molecule has 1 N–H and O–H groups in total. The summed E-state index contributed by atoms with van der Waals surface area (Å²) in [4.78, 5) is 12.0. The molecule has 3 aliphatic carbocycles. The summed E-state index contributed by atoms with van der Waals surface area (Å²) in [6, 6.07) is 0. The van der Waals surface area contributed by atoms with Gasteiger partial charge in [-0.05, 0) is 81.1 Å². The largest absolute Gasteiger partial charge is 0.481 e. The van der Waals surface area contributed by atoms with Crippen molar-refractivity contribution in [2.24, 2.45) is 28.6 Å². The Labute approximate surface area is 134 Å². The van der Waals surface area contributed by atoms with Gasteiger partial charge in [0.2, 0.25) is 0 Å². The van der Waals surface area contributed by atoms with Gasteiger partial charge < -0.3 is 5.11 Å². The molecule has 22 heavy (non-hydrogen) atoms. The van der Waals surface area contributed by atoms with Gasteiger partial charge in [-0.2, -0.15) is 0 Å². The van der Waals surface area contributed by atoms with Gasteiger partial charge in [0.1, 0.15) is 0 Å². The second kappa shape index (κ2) is 5.25. The molecule has 0 aromatic carbocycles. The van der Waals surface area contributed by atoms with E-state index in [-0.39, 0.29) is 5.41 Å². The second-order valence-corrected chi connectivity index (χ2v) is 8.38. The molecule has 0 saturated heterocycles. The molecular weight excluding hydrogens is 272 g/mol. The summed E-state index contributed by atoms with van der Waals surface area (Å²) in [6.45, 7) is 10.7. The van der Waals surface area contributed by atoms with Crippen LogP contribution in [0.25, 0.3) is 0 Å². The highest BCUT2D eigenvalue weighted by Gasteiger charge is 2.59. The predicted molar refractivity (Wildman–Crippen MR) is 89.5 cm³/mol. The topological polar surface area (TPSA) is 37.3 Å². The molecule has 3 aliphatic rings. The first-order valence-corrected chi connectivity index (χ1v) is 8.90. The molecule has 5 atom stereocenters. The van der Waals surface area contributed by atoms with Crippen molar-refractivity contribution >= 4 is 5.97 Å². The van der Waals surface area contributed by atoms with Crippen LogP contribution in [0.2, 0.25) is 0 Å². The molecule has 0 aromatic heterocycles. The highest BCUT2D eigenvalue weighted by molar-refractivity contribution is 5.75. The maximum absolute atomic E-state index is 12.0. The fourth-order valence-corrected chi connectivity index (χ4v) is 6.33. The van der Waals surface area contributed by atoms with E-state index in [9.17, 15) is 9.90 Å². The Balaban J connectivity index is 1.99. The van der Waals surface area contributed by atoms with Crippen LogP contribution in [-0.4, -0.2) is 11.1 Å². The number of allylic oxidation sites excluding steroid dienone is 3. The molecule has 0 spiro atoms. The van der Waals surface area contributed by atoms with Gasteiger partial charge in [0, 0.05) is 0 Å². The smallest absolute Gasteiger partial charge is 0.309 e.